The van der Waals surface area contributed by atoms with E-state index in [9.17, 15) is 0 Å². The Hall–Kier alpha value is -0.300. The van der Waals surface area contributed by atoms with Crippen LogP contribution in [0.4, 0.5) is 0 Å². The molecule has 1 heteroatoms. The molecule has 0 aromatic rings. The number of hydrogen-bond donors (Lipinski definition) is 0. The third-order valence-corrected chi connectivity index (χ3v) is 4.93. The van der Waals surface area contributed by atoms with E-state index < -0.39 is 0 Å². The fourth-order valence-electron chi connectivity index (χ4n) is 3.65. The first-order valence-corrected chi connectivity index (χ1v) is 6.26. The SMILES string of the molecule is C[C@@H]1CC[C@]2(C)CN(C)CC=C2C1(C)C. The Bertz CT molecular complexity index is 290. The van der Waals surface area contributed by atoms with Gasteiger partial charge in [0.05, 0.1) is 0 Å². The van der Waals surface area contributed by atoms with Crippen LogP contribution in [0.15, 0.2) is 11.6 Å². The van der Waals surface area contributed by atoms with Gasteiger partial charge in [0.1, 0.15) is 0 Å². The molecule has 86 valence electrons. The smallest absolute Gasteiger partial charge is 0.0163 e. The van der Waals surface area contributed by atoms with Crippen molar-refractivity contribution in [3.05, 3.63) is 11.6 Å². The normalized spacial score (nSPS) is 40.9. The molecule has 0 aromatic carbocycles. The third kappa shape index (κ3) is 1.65. The van der Waals surface area contributed by atoms with Gasteiger partial charge in [0, 0.05) is 18.5 Å². The first-order valence-electron chi connectivity index (χ1n) is 6.26. The van der Waals surface area contributed by atoms with Crippen LogP contribution in [-0.2, 0) is 0 Å². The summed E-state index contributed by atoms with van der Waals surface area (Å²) in [5, 5.41) is 0. The maximum Gasteiger partial charge on any atom is 0.0163 e. The van der Waals surface area contributed by atoms with Crippen LogP contribution in [0.3, 0.4) is 0 Å². The number of hydrogen-bond acceptors (Lipinski definition) is 1. The van der Waals surface area contributed by atoms with Crippen molar-refractivity contribution >= 4 is 0 Å². The molecule has 1 nitrogen and oxygen atoms in total. The average Bonchev–Trinajstić information content (AvgIpc) is 2.11. The third-order valence-electron chi connectivity index (χ3n) is 4.93. The molecule has 2 atom stereocenters. The van der Waals surface area contributed by atoms with Gasteiger partial charge in [-0.1, -0.05) is 39.3 Å². The van der Waals surface area contributed by atoms with Crippen molar-refractivity contribution < 1.29 is 0 Å². The van der Waals surface area contributed by atoms with Crippen molar-refractivity contribution in [2.75, 3.05) is 20.1 Å². The highest BCUT2D eigenvalue weighted by molar-refractivity contribution is 5.27. The van der Waals surface area contributed by atoms with Crippen LogP contribution in [0.25, 0.3) is 0 Å². The van der Waals surface area contributed by atoms with E-state index in [4.69, 9.17) is 0 Å². The lowest BCUT2D eigenvalue weighted by atomic mass is 9.55. The van der Waals surface area contributed by atoms with Crippen LogP contribution >= 0.6 is 0 Å². The molecule has 0 N–H and O–H groups in total. The van der Waals surface area contributed by atoms with Crippen molar-refractivity contribution in [2.24, 2.45) is 16.7 Å². The van der Waals surface area contributed by atoms with Crippen LogP contribution < -0.4 is 0 Å². The Morgan fingerprint density at radius 1 is 1.33 bits per heavy atom. The predicted octanol–water partition coefficient (Wildman–Crippen LogP) is 3.32. The second-order valence-electron chi connectivity index (χ2n) is 6.54. The minimum Gasteiger partial charge on any atom is -0.302 e. The zero-order valence-electron chi connectivity index (χ0n) is 10.9. The Kier molecular flexibility index (Phi) is 2.50. The van der Waals surface area contributed by atoms with Gasteiger partial charge < -0.3 is 4.90 Å². The van der Waals surface area contributed by atoms with Crippen molar-refractivity contribution in [2.45, 2.75) is 40.5 Å². The fourth-order valence-corrected chi connectivity index (χ4v) is 3.65. The fraction of sp³-hybridized carbons (Fsp3) is 0.857. The Labute approximate surface area is 94.5 Å². The monoisotopic (exact) mass is 207 g/mol. The van der Waals surface area contributed by atoms with Gasteiger partial charge >= 0.3 is 0 Å². The van der Waals surface area contributed by atoms with Gasteiger partial charge in [0.2, 0.25) is 0 Å². The summed E-state index contributed by atoms with van der Waals surface area (Å²) in [5.74, 6) is 0.834. The van der Waals surface area contributed by atoms with Crippen LogP contribution in [0.2, 0.25) is 0 Å². The lowest BCUT2D eigenvalue weighted by Gasteiger charge is -2.53. The highest BCUT2D eigenvalue weighted by Crippen LogP contribution is 2.54. The molecule has 2 rings (SSSR count). The first kappa shape index (κ1) is 11.2. The van der Waals surface area contributed by atoms with Gasteiger partial charge in [0.15, 0.2) is 0 Å². The zero-order valence-corrected chi connectivity index (χ0v) is 10.9. The molecular weight excluding hydrogens is 182 g/mol. The standard InChI is InChI=1S/C14H25N/c1-11-6-8-14(4)10-15(5)9-7-12(14)13(11,2)3/h7,11H,6,8-10H2,1-5H3/t11-,14-/m1/s1. The van der Waals surface area contributed by atoms with Crippen LogP contribution in [0, 0.1) is 16.7 Å². The maximum atomic E-state index is 2.50. The van der Waals surface area contributed by atoms with Gasteiger partial charge in [-0.3, -0.25) is 0 Å². The molecule has 2 aliphatic rings. The summed E-state index contributed by atoms with van der Waals surface area (Å²) in [4.78, 5) is 2.45. The van der Waals surface area contributed by atoms with Gasteiger partial charge in [-0.2, -0.15) is 0 Å². The maximum absolute atomic E-state index is 2.50. The summed E-state index contributed by atoms with van der Waals surface area (Å²) in [6, 6.07) is 0. The number of rotatable bonds is 0. The van der Waals surface area contributed by atoms with E-state index in [2.05, 4.69) is 45.7 Å². The summed E-state index contributed by atoms with van der Waals surface area (Å²) < 4.78 is 0. The van der Waals surface area contributed by atoms with Gasteiger partial charge in [-0.25, -0.2) is 0 Å². The van der Waals surface area contributed by atoms with Crippen molar-refractivity contribution in [1.82, 2.24) is 4.90 Å². The minimum absolute atomic E-state index is 0.411. The van der Waals surface area contributed by atoms with E-state index in [0.717, 1.165) is 12.5 Å². The van der Waals surface area contributed by atoms with E-state index >= 15 is 0 Å². The zero-order chi connectivity index (χ0) is 11.3. The Morgan fingerprint density at radius 3 is 2.67 bits per heavy atom. The summed E-state index contributed by atoms with van der Waals surface area (Å²) in [5.41, 5.74) is 2.59. The second kappa shape index (κ2) is 3.35. The molecule has 0 spiro atoms. The average molecular weight is 207 g/mol. The first-order chi connectivity index (χ1) is 6.86. The van der Waals surface area contributed by atoms with E-state index in [1.54, 1.807) is 5.57 Å². The van der Waals surface area contributed by atoms with E-state index in [-0.39, 0.29) is 0 Å². The van der Waals surface area contributed by atoms with E-state index in [0.29, 0.717) is 10.8 Å². The number of likely N-dealkylation sites (N-methyl/N-ethyl adjacent to an activating group) is 1. The molecule has 1 fully saturated rings. The highest BCUT2D eigenvalue weighted by Gasteiger charge is 2.46. The van der Waals surface area contributed by atoms with Crippen molar-refractivity contribution in [1.29, 1.82) is 0 Å². The molecule has 0 amide bonds. The van der Waals surface area contributed by atoms with E-state index in [1.807, 2.05) is 0 Å². The Morgan fingerprint density at radius 2 is 2.00 bits per heavy atom. The Balaban J connectivity index is 2.38. The summed E-state index contributed by atoms with van der Waals surface area (Å²) in [6.45, 7) is 12.1. The number of fused-ring (bicyclic) bond motifs is 1. The highest BCUT2D eigenvalue weighted by atomic mass is 15.1. The molecule has 0 radical (unpaired) electrons. The van der Waals surface area contributed by atoms with Gasteiger partial charge in [-0.05, 0) is 31.2 Å². The molecule has 1 aliphatic heterocycles. The quantitative estimate of drug-likeness (QED) is 0.551. The van der Waals surface area contributed by atoms with Crippen LogP contribution in [-0.4, -0.2) is 25.0 Å². The molecule has 0 aromatic heterocycles. The molecule has 15 heavy (non-hydrogen) atoms. The van der Waals surface area contributed by atoms with Gasteiger partial charge in [-0.15, -0.1) is 0 Å². The molecule has 0 saturated heterocycles. The lowest BCUT2D eigenvalue weighted by molar-refractivity contribution is 0.0907. The summed E-state index contributed by atoms with van der Waals surface area (Å²) >= 11 is 0. The second-order valence-corrected chi connectivity index (χ2v) is 6.54. The van der Waals surface area contributed by atoms with Gasteiger partial charge in [0.25, 0.3) is 0 Å². The molecular formula is C14H25N. The molecule has 0 unspecified atom stereocenters. The molecule has 1 heterocycles. The van der Waals surface area contributed by atoms with Crippen molar-refractivity contribution in [3.8, 4) is 0 Å². The molecule has 0 bridgehead atoms. The topological polar surface area (TPSA) is 3.24 Å². The lowest BCUT2D eigenvalue weighted by Crippen LogP contribution is -2.48. The summed E-state index contributed by atoms with van der Waals surface area (Å²) in [6.07, 6.45) is 5.25. The largest absolute Gasteiger partial charge is 0.302 e. The minimum atomic E-state index is 0.411. The summed E-state index contributed by atoms with van der Waals surface area (Å²) in [7, 11) is 2.24. The van der Waals surface area contributed by atoms with Crippen LogP contribution in [0.5, 0.6) is 0 Å². The van der Waals surface area contributed by atoms with E-state index in [1.165, 1.54) is 19.4 Å². The predicted molar refractivity (Wildman–Crippen MR) is 65.9 cm³/mol. The molecule has 1 aliphatic carbocycles. The molecule has 1 saturated carbocycles. The van der Waals surface area contributed by atoms with Crippen molar-refractivity contribution in [3.63, 3.8) is 0 Å². The van der Waals surface area contributed by atoms with Crippen LogP contribution in [0.1, 0.15) is 40.5 Å². The number of nitrogens with zero attached hydrogens (tertiary/aromatic N) is 1.